The summed E-state index contributed by atoms with van der Waals surface area (Å²) in [6.07, 6.45) is 1.37. The lowest BCUT2D eigenvalue weighted by Gasteiger charge is -2.16. The highest BCUT2D eigenvalue weighted by molar-refractivity contribution is 7.99. The van der Waals surface area contributed by atoms with Crippen molar-refractivity contribution >= 4 is 17.5 Å². The maximum absolute atomic E-state index is 13.0. The third-order valence-electron chi connectivity index (χ3n) is 4.29. The number of allylic oxidation sites excluding steroid dienone is 1. The Kier molecular flexibility index (Phi) is 7.24. The highest BCUT2D eigenvalue weighted by Gasteiger charge is 2.20. The Morgan fingerprint density at radius 1 is 1.17 bits per heavy atom. The second-order valence-corrected chi connectivity index (χ2v) is 7.34. The van der Waals surface area contributed by atoms with Gasteiger partial charge in [0.1, 0.15) is 17.3 Å². The predicted octanol–water partition coefficient (Wildman–Crippen LogP) is 4.73. The summed E-state index contributed by atoms with van der Waals surface area (Å²) in [6.45, 7) is 6.15. The number of hydrogen-bond donors (Lipinski definition) is 0. The number of nitrogens with zero attached hydrogens (tertiary/aromatic N) is 3. The molecule has 0 N–H and O–H groups in total. The average Bonchev–Trinajstić information content (AvgIpc) is 3.16. The molecule has 6 nitrogen and oxygen atoms in total. The second-order valence-electron chi connectivity index (χ2n) is 6.39. The zero-order valence-corrected chi connectivity index (χ0v) is 17.6. The summed E-state index contributed by atoms with van der Waals surface area (Å²) in [5.41, 5.74) is 0.454. The number of Topliss-reactive ketones (excluding diaryl/α,β-unsaturated/α-hetero) is 1. The Morgan fingerprint density at radius 3 is 2.47 bits per heavy atom. The van der Waals surface area contributed by atoms with E-state index in [1.807, 2.05) is 35.8 Å². The van der Waals surface area contributed by atoms with Gasteiger partial charge in [0.25, 0.3) is 0 Å². The van der Waals surface area contributed by atoms with Crippen molar-refractivity contribution in [3.8, 4) is 11.5 Å². The van der Waals surface area contributed by atoms with E-state index in [1.54, 1.807) is 13.2 Å². The molecule has 0 aliphatic rings. The molecule has 0 spiro atoms. The van der Waals surface area contributed by atoms with E-state index in [0.29, 0.717) is 28.8 Å². The molecule has 0 radical (unpaired) electrons. The highest BCUT2D eigenvalue weighted by Crippen LogP contribution is 2.26. The standard InChI is InChI=1S/C22H22FN3O3S/c1-4-13-26-21(15(2)29-19-11-9-18(28-3)10-12-19)24-25-22(26)30-14-20(27)16-5-7-17(23)8-6-16/h4-12,15H,1,13-14H2,2-3H3. The van der Waals surface area contributed by atoms with Gasteiger partial charge in [-0.3, -0.25) is 9.36 Å². The molecule has 0 fully saturated rings. The fourth-order valence-corrected chi connectivity index (χ4v) is 3.62. The molecular formula is C22H22FN3O3S. The van der Waals surface area contributed by atoms with Gasteiger partial charge < -0.3 is 9.47 Å². The third-order valence-corrected chi connectivity index (χ3v) is 5.26. The minimum Gasteiger partial charge on any atom is -0.497 e. The number of rotatable bonds is 10. The number of ketones is 1. The fraction of sp³-hybridized carbons (Fsp3) is 0.227. The van der Waals surface area contributed by atoms with Gasteiger partial charge in [0, 0.05) is 12.1 Å². The zero-order valence-electron chi connectivity index (χ0n) is 16.7. The van der Waals surface area contributed by atoms with Gasteiger partial charge in [-0.15, -0.1) is 16.8 Å². The number of methoxy groups -OCH3 is 1. The molecule has 0 saturated carbocycles. The van der Waals surface area contributed by atoms with E-state index >= 15 is 0 Å². The lowest BCUT2D eigenvalue weighted by atomic mass is 10.1. The summed E-state index contributed by atoms with van der Waals surface area (Å²) in [5.74, 6) is 1.72. The lowest BCUT2D eigenvalue weighted by Crippen LogP contribution is -2.12. The molecule has 30 heavy (non-hydrogen) atoms. The quantitative estimate of drug-likeness (QED) is 0.265. The Labute approximate surface area is 178 Å². The second kappa shape index (κ2) is 10.1. The summed E-state index contributed by atoms with van der Waals surface area (Å²) in [4.78, 5) is 12.4. The molecule has 3 aromatic rings. The molecular weight excluding hydrogens is 405 g/mol. The van der Waals surface area contributed by atoms with Crippen LogP contribution in [0.15, 0.2) is 66.3 Å². The van der Waals surface area contributed by atoms with Crippen LogP contribution in [0.2, 0.25) is 0 Å². The number of benzene rings is 2. The first kappa shape index (κ1) is 21.6. The van der Waals surface area contributed by atoms with Crippen LogP contribution in [-0.2, 0) is 6.54 Å². The number of hydrogen-bond acceptors (Lipinski definition) is 6. The molecule has 0 aliphatic heterocycles. The first-order valence-electron chi connectivity index (χ1n) is 9.28. The van der Waals surface area contributed by atoms with Gasteiger partial charge in [-0.2, -0.15) is 0 Å². The smallest absolute Gasteiger partial charge is 0.192 e. The molecule has 156 valence electrons. The number of aromatic nitrogens is 3. The van der Waals surface area contributed by atoms with Crippen molar-refractivity contribution in [2.24, 2.45) is 0 Å². The van der Waals surface area contributed by atoms with E-state index in [1.165, 1.54) is 36.0 Å². The van der Waals surface area contributed by atoms with Crippen LogP contribution in [0.4, 0.5) is 4.39 Å². The molecule has 1 heterocycles. The van der Waals surface area contributed by atoms with Crippen LogP contribution in [0, 0.1) is 5.82 Å². The molecule has 0 bridgehead atoms. The maximum atomic E-state index is 13.0. The third kappa shape index (κ3) is 5.27. The fourth-order valence-electron chi connectivity index (χ4n) is 2.77. The van der Waals surface area contributed by atoms with E-state index < -0.39 is 0 Å². The molecule has 2 aromatic carbocycles. The molecule has 0 saturated heterocycles. The SMILES string of the molecule is C=CCn1c(SCC(=O)c2ccc(F)cc2)nnc1C(C)Oc1ccc(OC)cc1. The maximum Gasteiger partial charge on any atom is 0.192 e. The largest absolute Gasteiger partial charge is 0.497 e. The van der Waals surface area contributed by atoms with Crippen LogP contribution in [0.1, 0.15) is 29.2 Å². The van der Waals surface area contributed by atoms with Gasteiger partial charge in [0.05, 0.1) is 12.9 Å². The molecule has 8 heteroatoms. The Balaban J connectivity index is 1.70. The number of carbonyl (C=O) groups is 1. The van der Waals surface area contributed by atoms with Crippen molar-refractivity contribution in [2.45, 2.75) is 24.7 Å². The summed E-state index contributed by atoms with van der Waals surface area (Å²) < 4.78 is 26.0. The van der Waals surface area contributed by atoms with E-state index in [4.69, 9.17) is 9.47 Å². The Morgan fingerprint density at radius 2 is 1.83 bits per heavy atom. The van der Waals surface area contributed by atoms with Gasteiger partial charge in [0.2, 0.25) is 0 Å². The highest BCUT2D eigenvalue weighted by atomic mass is 32.2. The van der Waals surface area contributed by atoms with Gasteiger partial charge in [0.15, 0.2) is 22.9 Å². The summed E-state index contributed by atoms with van der Waals surface area (Å²) in [5, 5.41) is 9.07. The van der Waals surface area contributed by atoms with Crippen molar-refractivity contribution in [3.63, 3.8) is 0 Å². The number of halogens is 1. The van der Waals surface area contributed by atoms with Crippen molar-refractivity contribution in [3.05, 3.63) is 78.4 Å². The van der Waals surface area contributed by atoms with Gasteiger partial charge in [-0.05, 0) is 55.5 Å². The lowest BCUT2D eigenvalue weighted by molar-refractivity contribution is 0.102. The monoisotopic (exact) mass is 427 g/mol. The van der Waals surface area contributed by atoms with E-state index in [-0.39, 0.29) is 23.5 Å². The van der Waals surface area contributed by atoms with E-state index in [0.717, 1.165) is 5.75 Å². The van der Waals surface area contributed by atoms with Crippen LogP contribution < -0.4 is 9.47 Å². The normalized spacial score (nSPS) is 11.7. The van der Waals surface area contributed by atoms with Crippen LogP contribution in [0.3, 0.4) is 0 Å². The van der Waals surface area contributed by atoms with Gasteiger partial charge in [-0.1, -0.05) is 17.8 Å². The van der Waals surface area contributed by atoms with Crippen LogP contribution in [0.25, 0.3) is 0 Å². The van der Waals surface area contributed by atoms with Crippen molar-refractivity contribution in [2.75, 3.05) is 12.9 Å². The molecule has 3 rings (SSSR count). The Bertz CT molecular complexity index is 1000. The number of thioether (sulfide) groups is 1. The zero-order chi connectivity index (χ0) is 21.5. The minimum atomic E-state index is -0.375. The van der Waals surface area contributed by atoms with Gasteiger partial charge in [-0.25, -0.2) is 4.39 Å². The van der Waals surface area contributed by atoms with Crippen molar-refractivity contribution < 1.29 is 18.7 Å². The molecule has 1 unspecified atom stereocenters. The summed E-state index contributed by atoms with van der Waals surface area (Å²) >= 11 is 1.27. The van der Waals surface area contributed by atoms with Crippen LogP contribution in [-0.4, -0.2) is 33.4 Å². The molecule has 1 aromatic heterocycles. The van der Waals surface area contributed by atoms with Crippen molar-refractivity contribution in [1.29, 1.82) is 0 Å². The first-order valence-corrected chi connectivity index (χ1v) is 10.3. The topological polar surface area (TPSA) is 66.2 Å². The van der Waals surface area contributed by atoms with Gasteiger partial charge >= 0.3 is 0 Å². The van der Waals surface area contributed by atoms with E-state index in [2.05, 4.69) is 16.8 Å². The van der Waals surface area contributed by atoms with Crippen LogP contribution in [0.5, 0.6) is 11.5 Å². The first-order chi connectivity index (χ1) is 14.5. The predicted molar refractivity (Wildman–Crippen MR) is 114 cm³/mol. The number of carbonyl (C=O) groups excluding carboxylic acids is 1. The average molecular weight is 428 g/mol. The molecule has 1 atom stereocenters. The van der Waals surface area contributed by atoms with E-state index in [9.17, 15) is 9.18 Å². The molecule has 0 aliphatic carbocycles. The minimum absolute atomic E-state index is 0.114. The number of ether oxygens (including phenoxy) is 2. The summed E-state index contributed by atoms with van der Waals surface area (Å²) in [7, 11) is 1.61. The summed E-state index contributed by atoms with van der Waals surface area (Å²) in [6, 6.07) is 12.8. The van der Waals surface area contributed by atoms with Crippen molar-refractivity contribution in [1.82, 2.24) is 14.8 Å². The Hall–Kier alpha value is -3.13. The molecule has 0 amide bonds. The van der Waals surface area contributed by atoms with Crippen LogP contribution >= 0.6 is 11.8 Å².